The molecule has 9 heteroatoms. The maximum atomic E-state index is 14.0. The summed E-state index contributed by atoms with van der Waals surface area (Å²) in [6, 6.07) is 14.6. The highest BCUT2D eigenvalue weighted by Crippen LogP contribution is 2.22. The van der Waals surface area contributed by atoms with Crippen molar-refractivity contribution in [1.82, 2.24) is 4.72 Å². The highest BCUT2D eigenvalue weighted by molar-refractivity contribution is 7.89. The van der Waals surface area contributed by atoms with E-state index in [1.54, 1.807) is 43.3 Å². The van der Waals surface area contributed by atoms with Crippen LogP contribution in [0, 0.1) is 18.6 Å². The van der Waals surface area contributed by atoms with Crippen LogP contribution in [0.5, 0.6) is 5.75 Å². The number of amides is 1. The Bertz CT molecular complexity index is 1230. The first kappa shape index (κ1) is 24.3. The van der Waals surface area contributed by atoms with Gasteiger partial charge >= 0.3 is 0 Å². The minimum Gasteiger partial charge on any atom is -0.494 e. The third kappa shape index (κ3) is 6.36. The number of hydrogen-bond acceptors (Lipinski definition) is 4. The van der Waals surface area contributed by atoms with Gasteiger partial charge in [-0.15, -0.1) is 0 Å². The van der Waals surface area contributed by atoms with Crippen molar-refractivity contribution in [3.63, 3.8) is 0 Å². The Balaban J connectivity index is 1.88. The monoisotopic (exact) mass is 474 g/mol. The van der Waals surface area contributed by atoms with Crippen LogP contribution in [0.3, 0.4) is 0 Å². The SMILES string of the molecule is CCOc1ccc(S(=O)(=O)N[C@@H](Cc2ccccc2)C(=O)Nc2ccc(F)cc2F)cc1C. The number of ether oxygens (including phenoxy) is 1. The van der Waals surface area contributed by atoms with Gasteiger partial charge in [-0.25, -0.2) is 17.2 Å². The standard InChI is InChI=1S/C24H24F2N2O4S/c1-3-32-23-12-10-19(13-16(23)2)33(30,31)28-22(14-17-7-5-4-6-8-17)24(29)27-21-11-9-18(25)15-20(21)26/h4-13,15,22,28H,3,14H2,1-2H3,(H,27,29)/t22-/m0/s1. The van der Waals surface area contributed by atoms with E-state index in [4.69, 9.17) is 4.74 Å². The quantitative estimate of drug-likeness (QED) is 0.487. The molecular weight excluding hydrogens is 450 g/mol. The molecule has 0 bridgehead atoms. The van der Waals surface area contributed by atoms with Gasteiger partial charge in [0.05, 0.1) is 17.2 Å². The Morgan fingerprint density at radius 1 is 1.03 bits per heavy atom. The predicted octanol–water partition coefficient (Wildman–Crippen LogP) is 4.20. The minimum absolute atomic E-state index is 0.0186. The zero-order valence-electron chi connectivity index (χ0n) is 18.1. The molecule has 174 valence electrons. The van der Waals surface area contributed by atoms with Crippen molar-refractivity contribution in [2.45, 2.75) is 31.2 Å². The summed E-state index contributed by atoms with van der Waals surface area (Å²) in [6.45, 7) is 3.97. The van der Waals surface area contributed by atoms with Crippen molar-refractivity contribution in [2.75, 3.05) is 11.9 Å². The van der Waals surface area contributed by atoms with Crippen LogP contribution in [0.2, 0.25) is 0 Å². The molecule has 0 saturated carbocycles. The molecule has 0 aliphatic heterocycles. The van der Waals surface area contributed by atoms with E-state index in [-0.39, 0.29) is 17.0 Å². The van der Waals surface area contributed by atoms with Crippen LogP contribution >= 0.6 is 0 Å². The lowest BCUT2D eigenvalue weighted by molar-refractivity contribution is -0.117. The summed E-state index contributed by atoms with van der Waals surface area (Å²) in [6.07, 6.45) is 0.0186. The summed E-state index contributed by atoms with van der Waals surface area (Å²) in [5, 5.41) is 2.34. The largest absolute Gasteiger partial charge is 0.494 e. The van der Waals surface area contributed by atoms with Crippen LogP contribution in [-0.2, 0) is 21.2 Å². The van der Waals surface area contributed by atoms with Crippen molar-refractivity contribution in [1.29, 1.82) is 0 Å². The molecule has 1 amide bonds. The van der Waals surface area contributed by atoms with Crippen LogP contribution in [-0.4, -0.2) is 27.0 Å². The molecule has 6 nitrogen and oxygen atoms in total. The normalized spacial score (nSPS) is 12.2. The molecule has 0 saturated heterocycles. The highest BCUT2D eigenvalue weighted by atomic mass is 32.2. The zero-order chi connectivity index (χ0) is 24.0. The number of carbonyl (C=O) groups excluding carboxylic acids is 1. The number of hydrogen-bond donors (Lipinski definition) is 2. The van der Waals surface area contributed by atoms with Crippen molar-refractivity contribution >= 4 is 21.6 Å². The molecular formula is C24H24F2N2O4S. The van der Waals surface area contributed by atoms with Crippen molar-refractivity contribution in [2.24, 2.45) is 0 Å². The lowest BCUT2D eigenvalue weighted by Gasteiger charge is -2.19. The van der Waals surface area contributed by atoms with E-state index in [1.807, 2.05) is 6.92 Å². The maximum Gasteiger partial charge on any atom is 0.242 e. The number of halogens is 2. The third-order valence-electron chi connectivity index (χ3n) is 4.84. The predicted molar refractivity (Wildman–Crippen MR) is 122 cm³/mol. The maximum absolute atomic E-state index is 14.0. The molecule has 3 rings (SSSR count). The Hall–Kier alpha value is -3.30. The van der Waals surface area contributed by atoms with Crippen LogP contribution in [0.1, 0.15) is 18.1 Å². The first-order valence-corrected chi connectivity index (χ1v) is 11.7. The molecule has 3 aromatic rings. The zero-order valence-corrected chi connectivity index (χ0v) is 19.0. The van der Waals surface area contributed by atoms with Gasteiger partial charge < -0.3 is 10.1 Å². The molecule has 3 aromatic carbocycles. The molecule has 0 radical (unpaired) electrons. The van der Waals surface area contributed by atoms with E-state index in [9.17, 15) is 22.0 Å². The van der Waals surface area contributed by atoms with Gasteiger partial charge in [0.15, 0.2) is 0 Å². The molecule has 33 heavy (non-hydrogen) atoms. The number of rotatable bonds is 9. The number of sulfonamides is 1. The fraction of sp³-hybridized carbons (Fsp3) is 0.208. The molecule has 0 heterocycles. The second kappa shape index (κ2) is 10.5. The summed E-state index contributed by atoms with van der Waals surface area (Å²) in [5.41, 5.74) is 1.07. The second-order valence-electron chi connectivity index (χ2n) is 7.34. The molecule has 2 N–H and O–H groups in total. The number of nitrogens with one attached hydrogen (secondary N) is 2. The van der Waals surface area contributed by atoms with Gasteiger partial charge in [0, 0.05) is 6.07 Å². The molecule has 0 aliphatic rings. The van der Waals surface area contributed by atoms with Gasteiger partial charge in [-0.1, -0.05) is 30.3 Å². The average Bonchev–Trinajstić information content (AvgIpc) is 2.77. The van der Waals surface area contributed by atoms with Gasteiger partial charge in [0.1, 0.15) is 23.4 Å². The fourth-order valence-corrected chi connectivity index (χ4v) is 4.49. The number of aryl methyl sites for hydroxylation is 1. The van der Waals surface area contributed by atoms with Crippen LogP contribution in [0.15, 0.2) is 71.6 Å². The Kier molecular flexibility index (Phi) is 7.78. The van der Waals surface area contributed by atoms with E-state index >= 15 is 0 Å². The van der Waals surface area contributed by atoms with Gasteiger partial charge in [-0.3, -0.25) is 4.79 Å². The number of carbonyl (C=O) groups is 1. The van der Waals surface area contributed by atoms with E-state index in [0.29, 0.717) is 29.5 Å². The summed E-state index contributed by atoms with van der Waals surface area (Å²) in [5.74, 6) is -1.98. The summed E-state index contributed by atoms with van der Waals surface area (Å²) < 4.78 is 61.2. The van der Waals surface area contributed by atoms with Crippen molar-refractivity contribution in [3.05, 3.63) is 89.5 Å². The molecule has 0 fully saturated rings. The Labute approximate surface area is 191 Å². The topological polar surface area (TPSA) is 84.5 Å². The average molecular weight is 475 g/mol. The van der Waals surface area contributed by atoms with Gasteiger partial charge in [0.2, 0.25) is 15.9 Å². The van der Waals surface area contributed by atoms with E-state index in [2.05, 4.69) is 10.0 Å². The first-order valence-electron chi connectivity index (χ1n) is 10.2. The Morgan fingerprint density at radius 3 is 2.39 bits per heavy atom. The molecule has 0 unspecified atom stereocenters. The molecule has 0 spiro atoms. The van der Waals surface area contributed by atoms with Gasteiger partial charge in [-0.05, 0) is 61.7 Å². The first-order chi connectivity index (χ1) is 15.7. The lowest BCUT2D eigenvalue weighted by atomic mass is 10.1. The summed E-state index contributed by atoms with van der Waals surface area (Å²) >= 11 is 0. The van der Waals surface area contributed by atoms with E-state index in [1.165, 1.54) is 12.1 Å². The smallest absolute Gasteiger partial charge is 0.242 e. The summed E-state index contributed by atoms with van der Waals surface area (Å²) in [4.78, 5) is 12.9. The number of anilines is 1. The third-order valence-corrected chi connectivity index (χ3v) is 6.31. The van der Waals surface area contributed by atoms with Crippen LogP contribution < -0.4 is 14.8 Å². The van der Waals surface area contributed by atoms with Gasteiger partial charge in [-0.2, -0.15) is 4.72 Å². The highest BCUT2D eigenvalue weighted by Gasteiger charge is 2.27. The van der Waals surface area contributed by atoms with Crippen molar-refractivity contribution < 1.29 is 26.7 Å². The van der Waals surface area contributed by atoms with E-state index in [0.717, 1.165) is 12.1 Å². The number of benzene rings is 3. The second-order valence-corrected chi connectivity index (χ2v) is 9.05. The molecule has 0 aliphatic carbocycles. The fourth-order valence-electron chi connectivity index (χ4n) is 3.21. The van der Waals surface area contributed by atoms with Gasteiger partial charge in [0.25, 0.3) is 0 Å². The summed E-state index contributed by atoms with van der Waals surface area (Å²) in [7, 11) is -4.11. The minimum atomic E-state index is -4.11. The molecule has 1 atom stereocenters. The van der Waals surface area contributed by atoms with E-state index < -0.39 is 33.6 Å². The molecule has 0 aromatic heterocycles. The van der Waals surface area contributed by atoms with Crippen LogP contribution in [0.4, 0.5) is 14.5 Å². The van der Waals surface area contributed by atoms with Crippen molar-refractivity contribution in [3.8, 4) is 5.75 Å². The Morgan fingerprint density at radius 2 is 1.76 bits per heavy atom. The van der Waals surface area contributed by atoms with Crippen LogP contribution in [0.25, 0.3) is 0 Å². The lowest BCUT2D eigenvalue weighted by Crippen LogP contribution is -2.45.